The van der Waals surface area contributed by atoms with Crippen LogP contribution in [0.3, 0.4) is 0 Å². The second-order valence-electron chi connectivity index (χ2n) is 6.10. The molecule has 0 fully saturated rings. The highest BCUT2D eigenvalue weighted by Gasteiger charge is 2.13. The highest BCUT2D eigenvalue weighted by atomic mass is 16.2. The van der Waals surface area contributed by atoms with Gasteiger partial charge in [-0.15, -0.1) is 0 Å². The van der Waals surface area contributed by atoms with E-state index < -0.39 is 0 Å². The molecule has 1 amide bonds. The van der Waals surface area contributed by atoms with Crippen molar-refractivity contribution in [3.05, 3.63) is 53.2 Å². The molecule has 1 aromatic carbocycles. The first-order valence-corrected chi connectivity index (χ1v) is 8.63. The van der Waals surface area contributed by atoms with Gasteiger partial charge in [0.25, 0.3) is 5.91 Å². The van der Waals surface area contributed by atoms with E-state index in [1.807, 2.05) is 13.1 Å². The number of para-hydroxylation sites is 1. The Bertz CT molecular complexity index is 697. The van der Waals surface area contributed by atoms with Gasteiger partial charge >= 0.3 is 0 Å². The number of amides is 1. The highest BCUT2D eigenvalue weighted by molar-refractivity contribution is 5.94. The molecule has 0 saturated heterocycles. The van der Waals surface area contributed by atoms with Crippen LogP contribution in [0.5, 0.6) is 0 Å². The second kappa shape index (κ2) is 8.48. The number of aryl methyl sites for hydroxylation is 2. The summed E-state index contributed by atoms with van der Waals surface area (Å²) < 4.78 is 0. The van der Waals surface area contributed by atoms with Crippen LogP contribution in [0.2, 0.25) is 0 Å². The molecule has 0 aliphatic heterocycles. The van der Waals surface area contributed by atoms with Crippen molar-refractivity contribution < 1.29 is 4.79 Å². The van der Waals surface area contributed by atoms with Gasteiger partial charge in [-0.25, -0.2) is 4.98 Å². The van der Waals surface area contributed by atoms with E-state index in [9.17, 15) is 4.79 Å². The third-order valence-electron chi connectivity index (χ3n) is 4.19. The van der Waals surface area contributed by atoms with Crippen molar-refractivity contribution in [1.29, 1.82) is 0 Å². The molecule has 0 atom stereocenters. The van der Waals surface area contributed by atoms with Crippen LogP contribution in [0.25, 0.3) is 0 Å². The summed E-state index contributed by atoms with van der Waals surface area (Å²) >= 11 is 0. The standard InChI is InChI=1S/C20H27N3O/c1-5-7-13-23(4)20(24)17-11-12-21-18(14-17)22-19-15(3)9-8-10-16(19)6-2/h8-12,14H,5-7,13H2,1-4H3,(H,21,22). The van der Waals surface area contributed by atoms with Gasteiger partial charge in [-0.2, -0.15) is 0 Å². The fourth-order valence-corrected chi connectivity index (χ4v) is 2.68. The lowest BCUT2D eigenvalue weighted by atomic mass is 10.1. The summed E-state index contributed by atoms with van der Waals surface area (Å²) in [4.78, 5) is 18.7. The molecule has 0 aliphatic carbocycles. The van der Waals surface area contributed by atoms with Crippen molar-refractivity contribution in [2.75, 3.05) is 18.9 Å². The van der Waals surface area contributed by atoms with Crippen LogP contribution in [0.4, 0.5) is 11.5 Å². The molecule has 0 unspecified atom stereocenters. The molecule has 128 valence electrons. The van der Waals surface area contributed by atoms with E-state index in [-0.39, 0.29) is 5.91 Å². The number of benzene rings is 1. The fourth-order valence-electron chi connectivity index (χ4n) is 2.68. The first-order valence-electron chi connectivity index (χ1n) is 8.63. The number of aromatic nitrogens is 1. The molecule has 24 heavy (non-hydrogen) atoms. The van der Waals surface area contributed by atoms with Crippen LogP contribution in [-0.4, -0.2) is 29.4 Å². The second-order valence-corrected chi connectivity index (χ2v) is 6.10. The number of nitrogens with zero attached hydrogens (tertiary/aromatic N) is 2. The lowest BCUT2D eigenvalue weighted by Crippen LogP contribution is -2.27. The number of hydrogen-bond acceptors (Lipinski definition) is 3. The smallest absolute Gasteiger partial charge is 0.253 e. The molecule has 0 aliphatic rings. The zero-order valence-corrected chi connectivity index (χ0v) is 15.1. The minimum Gasteiger partial charge on any atom is -0.342 e. The van der Waals surface area contributed by atoms with Gasteiger partial charge in [0.1, 0.15) is 5.82 Å². The Morgan fingerprint density at radius 3 is 2.75 bits per heavy atom. The Morgan fingerprint density at radius 2 is 2.04 bits per heavy atom. The number of hydrogen-bond donors (Lipinski definition) is 1. The molecule has 0 radical (unpaired) electrons. The Hall–Kier alpha value is -2.36. The minimum absolute atomic E-state index is 0.0365. The largest absolute Gasteiger partial charge is 0.342 e. The molecule has 2 aromatic rings. The maximum Gasteiger partial charge on any atom is 0.253 e. The summed E-state index contributed by atoms with van der Waals surface area (Å²) in [6.45, 7) is 7.11. The number of carbonyl (C=O) groups excluding carboxylic acids is 1. The van der Waals surface area contributed by atoms with Crippen molar-refractivity contribution in [1.82, 2.24) is 9.88 Å². The number of carbonyl (C=O) groups is 1. The average molecular weight is 325 g/mol. The summed E-state index contributed by atoms with van der Waals surface area (Å²) in [6.07, 6.45) is 4.73. The van der Waals surface area contributed by atoms with Gasteiger partial charge in [0, 0.05) is 31.0 Å². The van der Waals surface area contributed by atoms with Crippen LogP contribution < -0.4 is 5.32 Å². The van der Waals surface area contributed by atoms with Crippen molar-refractivity contribution >= 4 is 17.4 Å². The SMILES string of the molecule is CCCCN(C)C(=O)c1ccnc(Nc2c(C)cccc2CC)c1. The highest BCUT2D eigenvalue weighted by Crippen LogP contribution is 2.25. The number of nitrogens with one attached hydrogen (secondary N) is 1. The van der Waals surface area contributed by atoms with Crippen LogP contribution in [0.1, 0.15) is 48.2 Å². The summed E-state index contributed by atoms with van der Waals surface area (Å²) in [7, 11) is 1.85. The summed E-state index contributed by atoms with van der Waals surface area (Å²) in [5, 5.41) is 3.39. The lowest BCUT2D eigenvalue weighted by Gasteiger charge is -2.18. The van der Waals surface area contributed by atoms with E-state index in [0.29, 0.717) is 11.4 Å². The normalized spacial score (nSPS) is 10.5. The van der Waals surface area contributed by atoms with Gasteiger partial charge < -0.3 is 10.2 Å². The zero-order valence-electron chi connectivity index (χ0n) is 15.1. The number of pyridine rings is 1. The Balaban J connectivity index is 2.21. The third kappa shape index (κ3) is 4.34. The van der Waals surface area contributed by atoms with Crippen molar-refractivity contribution in [2.45, 2.75) is 40.0 Å². The predicted octanol–water partition coefficient (Wildman–Crippen LogP) is 4.57. The van der Waals surface area contributed by atoms with Gasteiger partial charge in [-0.05, 0) is 43.0 Å². The molecule has 4 heteroatoms. The van der Waals surface area contributed by atoms with Gasteiger partial charge in [-0.1, -0.05) is 38.5 Å². The van der Waals surface area contributed by atoms with Gasteiger partial charge in [-0.3, -0.25) is 4.79 Å². The third-order valence-corrected chi connectivity index (χ3v) is 4.19. The van der Waals surface area contributed by atoms with Crippen molar-refractivity contribution in [3.8, 4) is 0 Å². The van der Waals surface area contributed by atoms with Gasteiger partial charge in [0.15, 0.2) is 0 Å². The minimum atomic E-state index is 0.0365. The van der Waals surface area contributed by atoms with Crippen LogP contribution in [0, 0.1) is 6.92 Å². The molecule has 4 nitrogen and oxygen atoms in total. The molecular weight excluding hydrogens is 298 g/mol. The van der Waals surface area contributed by atoms with E-state index in [2.05, 4.69) is 49.3 Å². The number of rotatable bonds is 7. The number of anilines is 2. The first kappa shape index (κ1) is 18.0. The lowest BCUT2D eigenvalue weighted by molar-refractivity contribution is 0.0793. The van der Waals surface area contributed by atoms with E-state index in [4.69, 9.17) is 0 Å². The van der Waals surface area contributed by atoms with Gasteiger partial charge in [0.05, 0.1) is 0 Å². The monoisotopic (exact) mass is 325 g/mol. The Labute approximate surface area is 144 Å². The quantitative estimate of drug-likeness (QED) is 0.811. The van der Waals surface area contributed by atoms with Crippen LogP contribution in [-0.2, 0) is 6.42 Å². The maximum absolute atomic E-state index is 12.5. The molecule has 0 saturated carbocycles. The Morgan fingerprint density at radius 1 is 1.25 bits per heavy atom. The molecule has 0 spiro atoms. The van der Waals surface area contributed by atoms with Crippen molar-refractivity contribution in [3.63, 3.8) is 0 Å². The van der Waals surface area contributed by atoms with E-state index >= 15 is 0 Å². The van der Waals surface area contributed by atoms with Gasteiger partial charge in [0.2, 0.25) is 0 Å². The van der Waals surface area contributed by atoms with E-state index in [0.717, 1.165) is 31.5 Å². The first-order chi connectivity index (χ1) is 11.6. The maximum atomic E-state index is 12.5. The topological polar surface area (TPSA) is 45.2 Å². The van der Waals surface area contributed by atoms with Crippen LogP contribution in [0.15, 0.2) is 36.5 Å². The van der Waals surface area contributed by atoms with E-state index in [1.54, 1.807) is 17.2 Å². The number of unbranched alkanes of at least 4 members (excludes halogenated alkanes) is 1. The fraction of sp³-hybridized carbons (Fsp3) is 0.400. The molecule has 0 bridgehead atoms. The molecule has 1 N–H and O–H groups in total. The summed E-state index contributed by atoms with van der Waals surface area (Å²) in [5.41, 5.74) is 4.16. The molecule has 1 heterocycles. The zero-order chi connectivity index (χ0) is 17.5. The Kier molecular flexibility index (Phi) is 6.36. The van der Waals surface area contributed by atoms with Crippen molar-refractivity contribution in [2.24, 2.45) is 0 Å². The predicted molar refractivity (Wildman–Crippen MR) is 99.9 cm³/mol. The summed E-state index contributed by atoms with van der Waals surface area (Å²) in [6, 6.07) is 9.86. The molecular formula is C20H27N3O. The molecule has 1 aromatic heterocycles. The summed E-state index contributed by atoms with van der Waals surface area (Å²) in [5.74, 6) is 0.739. The van der Waals surface area contributed by atoms with Crippen LogP contribution >= 0.6 is 0 Å². The average Bonchev–Trinajstić information content (AvgIpc) is 2.61. The van der Waals surface area contributed by atoms with E-state index in [1.165, 1.54) is 11.1 Å². The molecule has 2 rings (SSSR count).